The van der Waals surface area contributed by atoms with E-state index >= 15 is 0 Å². The number of ether oxygens (including phenoxy) is 2. The number of hydrogen-bond donors (Lipinski definition) is 0. The zero-order valence-electron chi connectivity index (χ0n) is 48.1. The summed E-state index contributed by atoms with van der Waals surface area (Å²) < 4.78 is 17.5. The number of hydrogen-bond acceptors (Lipinski definition) is 8. The average molecular weight is 1190 g/mol. The number of benzene rings is 13. The van der Waals surface area contributed by atoms with Crippen molar-refractivity contribution in [3.05, 3.63) is 356 Å². The lowest BCUT2D eigenvalue weighted by molar-refractivity contribution is 0.434. The van der Waals surface area contributed by atoms with E-state index in [-0.39, 0.29) is 10.9 Å². The first-order valence-corrected chi connectivity index (χ1v) is 31.9. The smallest absolute Gasteiger partial charge is 0.195 e. The summed E-state index contributed by atoms with van der Waals surface area (Å²) in [6.07, 6.45) is 0. The zero-order valence-corrected chi connectivity index (χ0v) is 49.7. The minimum absolute atomic E-state index is 0.0108. The molecule has 0 N–H and O–H groups in total. The zero-order chi connectivity index (χ0) is 59.4. The first-order chi connectivity index (χ1) is 44.4. The number of fused-ring (bicyclic) bond motifs is 20. The van der Waals surface area contributed by atoms with E-state index in [1.165, 1.54) is 0 Å². The lowest BCUT2D eigenvalue weighted by atomic mass is 9.61. The first-order valence-electron chi connectivity index (χ1n) is 30.3. The Kier molecular flexibility index (Phi) is 10.8. The number of rotatable bonds is 4. The van der Waals surface area contributed by atoms with Crippen molar-refractivity contribution in [2.75, 3.05) is 9.80 Å². The molecule has 6 nitrogen and oxygen atoms in total. The summed E-state index contributed by atoms with van der Waals surface area (Å²) in [6.45, 7) is 0. The molecule has 0 amide bonds. The van der Waals surface area contributed by atoms with E-state index in [4.69, 9.17) is 9.47 Å². The van der Waals surface area contributed by atoms with E-state index in [0.29, 0.717) is 10.8 Å². The Morgan fingerprint density at radius 2 is 0.589 bits per heavy atom. The van der Waals surface area contributed by atoms with Crippen molar-refractivity contribution in [2.45, 2.75) is 10.8 Å². The quantitative estimate of drug-likeness (QED) is 0.164. The molecule has 15 aromatic rings. The molecule has 19 rings (SSSR count). The fourth-order valence-electron chi connectivity index (χ4n) is 15.4. The summed E-state index contributed by atoms with van der Waals surface area (Å²) in [5.41, 5.74) is 18.0. The van der Waals surface area contributed by atoms with Crippen molar-refractivity contribution in [3.8, 4) is 45.3 Å². The molecule has 422 valence electrons. The molecule has 90 heavy (non-hydrogen) atoms. The molecular formula is C82H48N2O4S2. The third kappa shape index (κ3) is 7.02. The molecule has 0 unspecified atom stereocenters. The molecule has 0 saturated heterocycles. The second kappa shape index (κ2) is 19.2. The van der Waals surface area contributed by atoms with Gasteiger partial charge in [0.05, 0.1) is 33.6 Å². The van der Waals surface area contributed by atoms with Gasteiger partial charge in [-0.15, -0.1) is 22.7 Å². The highest BCUT2D eigenvalue weighted by Crippen LogP contribution is 2.65. The summed E-state index contributed by atoms with van der Waals surface area (Å²) in [4.78, 5) is 33.0. The maximum Gasteiger partial charge on any atom is 0.195 e. The molecule has 4 aliphatic rings. The molecule has 8 heteroatoms. The third-order valence-corrected chi connectivity index (χ3v) is 21.4. The standard InChI is InChI=1S/C82H48N2O4S2/c85-79-55-17-1-16-32-75(55)89-76-46-51(35-41-56(76)79)49-33-38-53(39-34-49)83-67-25-9-2-18-59(67)82(60-19-3-10-26-68(60)83)65-24-8-15-31-73(65)88-74-45-50(37-44-66(74)82)52-36-42-57-77(47-52)90-78-48-54(40-43-58(78)80(57)86)84-69-27-11-4-20-61(69)81(62-21-5-12-28-70(62)84)63-22-6-13-29-71(63)87-72-30-14-7-23-64(72)81/h1-48H. The summed E-state index contributed by atoms with van der Waals surface area (Å²) in [7, 11) is 0. The van der Waals surface area contributed by atoms with Crippen LogP contribution in [0.25, 0.3) is 62.6 Å². The Labute approximate surface area is 525 Å². The molecule has 0 atom stereocenters. The number of nitrogens with zero attached hydrogens (tertiary/aromatic N) is 2. The topological polar surface area (TPSA) is 59.1 Å². The van der Waals surface area contributed by atoms with E-state index in [9.17, 15) is 9.59 Å². The van der Waals surface area contributed by atoms with Crippen molar-refractivity contribution in [1.29, 1.82) is 0 Å². The van der Waals surface area contributed by atoms with Gasteiger partial charge >= 0.3 is 0 Å². The maximum atomic E-state index is 14.8. The Balaban J connectivity index is 0.710. The summed E-state index contributed by atoms with van der Waals surface area (Å²) >= 11 is 3.31. The van der Waals surface area contributed by atoms with Crippen LogP contribution in [0, 0.1) is 0 Å². The fraction of sp³-hybridized carbons (Fsp3) is 0.0244. The van der Waals surface area contributed by atoms with Crippen molar-refractivity contribution in [1.82, 2.24) is 0 Å². The highest BCUT2D eigenvalue weighted by molar-refractivity contribution is 7.25. The SMILES string of the molecule is O=c1c2ccccc2sc2cc(-c3ccc(N4c5ccccc5C5(c6ccccc6Oc6cc(-c7ccc8c(=O)c9ccc(N%10c%11ccccc%11C%11(c%12ccccc%12Oc%12ccccc%12%11)c%11ccccc%11%10)cc9sc8c7)ccc65)c5ccccc54)cc3)ccc12. The van der Waals surface area contributed by atoms with Gasteiger partial charge in [0.25, 0.3) is 0 Å². The normalized spacial score (nSPS) is 14.2. The predicted octanol–water partition coefficient (Wildman–Crippen LogP) is 21.0. The van der Waals surface area contributed by atoms with Crippen molar-refractivity contribution >= 4 is 97.1 Å². The van der Waals surface area contributed by atoms with Crippen molar-refractivity contribution in [2.24, 2.45) is 0 Å². The van der Waals surface area contributed by atoms with Gasteiger partial charge < -0.3 is 19.3 Å². The molecular weight excluding hydrogens is 1140 g/mol. The molecule has 2 aromatic heterocycles. The molecule has 0 saturated carbocycles. The van der Waals surface area contributed by atoms with E-state index in [1.54, 1.807) is 22.7 Å². The van der Waals surface area contributed by atoms with Crippen LogP contribution in [0.2, 0.25) is 0 Å². The monoisotopic (exact) mass is 1190 g/mol. The van der Waals surface area contributed by atoms with Crippen molar-refractivity contribution in [3.63, 3.8) is 0 Å². The average Bonchev–Trinajstić information content (AvgIpc) is 0.692. The van der Waals surface area contributed by atoms with Gasteiger partial charge in [0.2, 0.25) is 0 Å². The van der Waals surface area contributed by atoms with Crippen LogP contribution in [0.5, 0.6) is 23.0 Å². The van der Waals surface area contributed by atoms with Gasteiger partial charge in [0.15, 0.2) is 10.9 Å². The van der Waals surface area contributed by atoms with Gasteiger partial charge in [-0.25, -0.2) is 0 Å². The second-order valence-corrected chi connectivity index (χ2v) is 25.8. The van der Waals surface area contributed by atoms with E-state index in [1.807, 2.05) is 54.6 Å². The Bertz CT molecular complexity index is 5590. The van der Waals surface area contributed by atoms with Gasteiger partial charge in [-0.2, -0.15) is 0 Å². The molecule has 13 aromatic carbocycles. The van der Waals surface area contributed by atoms with Crippen LogP contribution in [0.15, 0.2) is 301 Å². The van der Waals surface area contributed by atoms with Crippen LogP contribution < -0.4 is 30.1 Å². The van der Waals surface area contributed by atoms with Crippen molar-refractivity contribution < 1.29 is 9.47 Å². The van der Waals surface area contributed by atoms with Crippen LogP contribution in [0.3, 0.4) is 0 Å². The molecule has 0 radical (unpaired) electrons. The predicted molar refractivity (Wildman–Crippen MR) is 369 cm³/mol. The van der Waals surface area contributed by atoms with E-state index < -0.39 is 10.8 Å². The van der Waals surface area contributed by atoms with Crippen LogP contribution in [-0.4, -0.2) is 0 Å². The van der Waals surface area contributed by atoms with Crippen LogP contribution >= 0.6 is 22.7 Å². The maximum absolute atomic E-state index is 14.8. The van der Waals surface area contributed by atoms with Crippen LogP contribution in [0.4, 0.5) is 34.1 Å². The first kappa shape index (κ1) is 50.9. The van der Waals surface area contributed by atoms with Gasteiger partial charge in [-0.05, 0) is 160 Å². The summed E-state index contributed by atoms with van der Waals surface area (Å²) in [5, 5.41) is 2.89. The summed E-state index contributed by atoms with van der Waals surface area (Å²) in [5.74, 6) is 3.26. The molecule has 4 aliphatic heterocycles. The van der Waals surface area contributed by atoms with E-state index in [0.717, 1.165) is 153 Å². The molecule has 0 aliphatic carbocycles. The molecule has 6 heterocycles. The minimum atomic E-state index is -0.751. The largest absolute Gasteiger partial charge is 0.457 e. The molecule has 0 bridgehead atoms. The lowest BCUT2D eigenvalue weighted by Gasteiger charge is -2.48. The Morgan fingerprint density at radius 1 is 0.256 bits per heavy atom. The van der Waals surface area contributed by atoms with Gasteiger partial charge in [-0.1, -0.05) is 176 Å². The number of anilines is 6. The van der Waals surface area contributed by atoms with E-state index in [2.05, 4.69) is 246 Å². The van der Waals surface area contributed by atoms with Crippen LogP contribution in [-0.2, 0) is 10.8 Å². The van der Waals surface area contributed by atoms with Gasteiger partial charge in [0.1, 0.15) is 23.0 Å². The van der Waals surface area contributed by atoms with Gasteiger partial charge in [0, 0.05) is 74.0 Å². The highest BCUT2D eigenvalue weighted by atomic mass is 32.1. The molecule has 2 spiro atoms. The Hall–Kier alpha value is -11.2. The lowest BCUT2D eigenvalue weighted by Crippen LogP contribution is -2.39. The fourth-order valence-corrected chi connectivity index (χ4v) is 17.6. The number of para-hydroxylation sites is 7. The highest BCUT2D eigenvalue weighted by Gasteiger charge is 2.53. The van der Waals surface area contributed by atoms with Gasteiger partial charge in [-0.3, -0.25) is 9.59 Å². The van der Waals surface area contributed by atoms with Crippen LogP contribution in [0.1, 0.15) is 44.5 Å². The Morgan fingerprint density at radius 3 is 1.11 bits per heavy atom. The third-order valence-electron chi connectivity index (χ3n) is 19.2. The minimum Gasteiger partial charge on any atom is -0.457 e. The molecule has 0 fully saturated rings. The second-order valence-electron chi connectivity index (χ2n) is 23.7. The summed E-state index contributed by atoms with van der Waals surface area (Å²) in [6, 6.07) is 103.